The number of unbranched alkanes of at least 4 members (excludes halogenated alkanes) is 4. The van der Waals surface area contributed by atoms with Crippen molar-refractivity contribution >= 4 is 16.9 Å². The predicted octanol–water partition coefficient (Wildman–Crippen LogP) is 3.44. The van der Waals surface area contributed by atoms with Crippen molar-refractivity contribution in [3.05, 3.63) is 35.5 Å². The van der Waals surface area contributed by atoms with Crippen molar-refractivity contribution in [1.82, 2.24) is 4.98 Å². The first kappa shape index (κ1) is 17.1. The molecule has 4 nitrogen and oxygen atoms in total. The number of hydrogen-bond donors (Lipinski definition) is 3. The van der Waals surface area contributed by atoms with Crippen LogP contribution in [0.2, 0.25) is 0 Å². The molecular formula is C19H24N2O2. The molecule has 0 bridgehead atoms. The van der Waals surface area contributed by atoms with E-state index in [4.69, 9.17) is 10.8 Å². The van der Waals surface area contributed by atoms with Crippen LogP contribution in [0.15, 0.2) is 24.4 Å². The fourth-order valence-electron chi connectivity index (χ4n) is 2.56. The number of carboxylic acid groups (broad SMARTS) is 1. The van der Waals surface area contributed by atoms with Gasteiger partial charge in [-0.1, -0.05) is 44.1 Å². The van der Waals surface area contributed by atoms with Crippen molar-refractivity contribution in [2.45, 2.75) is 51.5 Å². The van der Waals surface area contributed by atoms with Crippen LogP contribution in [0, 0.1) is 11.8 Å². The van der Waals surface area contributed by atoms with Gasteiger partial charge in [-0.3, -0.25) is 4.79 Å². The molecule has 1 atom stereocenters. The van der Waals surface area contributed by atoms with Gasteiger partial charge in [0.2, 0.25) is 0 Å². The molecule has 0 aliphatic rings. The lowest BCUT2D eigenvalue weighted by molar-refractivity contribution is -0.138. The lowest BCUT2D eigenvalue weighted by Crippen LogP contribution is -2.32. The lowest BCUT2D eigenvalue weighted by atomic mass is 10.0. The molecule has 0 aliphatic carbocycles. The molecular weight excluding hydrogens is 288 g/mol. The van der Waals surface area contributed by atoms with Gasteiger partial charge in [0.05, 0.1) is 0 Å². The quantitative estimate of drug-likeness (QED) is 0.541. The van der Waals surface area contributed by atoms with Gasteiger partial charge in [0.1, 0.15) is 6.04 Å². The third-order valence-corrected chi connectivity index (χ3v) is 3.91. The fourth-order valence-corrected chi connectivity index (χ4v) is 2.56. The Morgan fingerprint density at radius 3 is 2.91 bits per heavy atom. The molecule has 2 rings (SSSR count). The van der Waals surface area contributed by atoms with E-state index in [0.29, 0.717) is 6.42 Å². The number of nitrogens with one attached hydrogen (secondary N) is 1. The monoisotopic (exact) mass is 312 g/mol. The molecule has 4 heteroatoms. The average molecular weight is 312 g/mol. The summed E-state index contributed by atoms with van der Waals surface area (Å²) < 4.78 is 0. The van der Waals surface area contributed by atoms with Gasteiger partial charge in [-0.05, 0) is 24.1 Å². The van der Waals surface area contributed by atoms with Crippen LogP contribution in [0.3, 0.4) is 0 Å². The van der Waals surface area contributed by atoms with Crippen molar-refractivity contribution in [2.75, 3.05) is 0 Å². The van der Waals surface area contributed by atoms with E-state index in [9.17, 15) is 4.79 Å². The third-order valence-electron chi connectivity index (χ3n) is 3.91. The summed E-state index contributed by atoms with van der Waals surface area (Å²) in [7, 11) is 0. The lowest BCUT2D eigenvalue weighted by Gasteiger charge is -2.04. The zero-order valence-electron chi connectivity index (χ0n) is 13.6. The molecule has 2 aromatic rings. The highest BCUT2D eigenvalue weighted by molar-refractivity contribution is 5.85. The molecule has 0 radical (unpaired) electrons. The van der Waals surface area contributed by atoms with Crippen LogP contribution in [0.25, 0.3) is 10.9 Å². The summed E-state index contributed by atoms with van der Waals surface area (Å²) >= 11 is 0. The van der Waals surface area contributed by atoms with Gasteiger partial charge in [0.15, 0.2) is 0 Å². The first-order valence-corrected chi connectivity index (χ1v) is 8.19. The number of benzene rings is 1. The van der Waals surface area contributed by atoms with Crippen LogP contribution >= 0.6 is 0 Å². The summed E-state index contributed by atoms with van der Waals surface area (Å²) in [5.41, 5.74) is 8.48. The van der Waals surface area contributed by atoms with Crippen LogP contribution in [-0.4, -0.2) is 22.1 Å². The van der Waals surface area contributed by atoms with E-state index in [1.165, 1.54) is 19.3 Å². The molecule has 4 N–H and O–H groups in total. The van der Waals surface area contributed by atoms with Gasteiger partial charge in [-0.2, -0.15) is 0 Å². The first-order valence-electron chi connectivity index (χ1n) is 8.19. The summed E-state index contributed by atoms with van der Waals surface area (Å²) in [6, 6.07) is 5.09. The number of rotatable bonds is 7. The van der Waals surface area contributed by atoms with E-state index in [1.54, 1.807) is 0 Å². The van der Waals surface area contributed by atoms with Gasteiger partial charge in [0, 0.05) is 35.5 Å². The maximum absolute atomic E-state index is 10.9. The molecule has 1 aromatic carbocycles. The molecule has 23 heavy (non-hydrogen) atoms. The number of carboxylic acids is 1. The van der Waals surface area contributed by atoms with Crippen molar-refractivity contribution < 1.29 is 9.90 Å². The zero-order chi connectivity index (χ0) is 16.7. The Morgan fingerprint density at radius 1 is 1.35 bits per heavy atom. The summed E-state index contributed by atoms with van der Waals surface area (Å²) in [5.74, 6) is 5.43. The van der Waals surface area contributed by atoms with Crippen LogP contribution in [0.5, 0.6) is 0 Å². The van der Waals surface area contributed by atoms with Gasteiger partial charge in [-0.15, -0.1) is 0 Å². The molecule has 0 amide bonds. The number of aliphatic carboxylic acids is 1. The molecule has 0 fully saturated rings. The minimum atomic E-state index is -0.982. The average Bonchev–Trinajstić information content (AvgIpc) is 2.93. The molecule has 0 spiro atoms. The number of hydrogen-bond acceptors (Lipinski definition) is 2. The van der Waals surface area contributed by atoms with E-state index >= 15 is 0 Å². The topological polar surface area (TPSA) is 79.1 Å². The van der Waals surface area contributed by atoms with Gasteiger partial charge in [-0.25, -0.2) is 0 Å². The van der Waals surface area contributed by atoms with Gasteiger partial charge >= 0.3 is 5.97 Å². The Kier molecular flexibility index (Phi) is 6.25. The predicted molar refractivity (Wildman–Crippen MR) is 93.3 cm³/mol. The van der Waals surface area contributed by atoms with E-state index in [1.807, 2.05) is 24.4 Å². The second kappa shape index (κ2) is 8.40. The van der Waals surface area contributed by atoms with Crippen LogP contribution in [0.1, 0.15) is 50.2 Å². The molecule has 0 unspecified atom stereocenters. The van der Waals surface area contributed by atoms with Crippen LogP contribution in [-0.2, 0) is 11.2 Å². The van der Waals surface area contributed by atoms with Crippen molar-refractivity contribution in [1.29, 1.82) is 0 Å². The Bertz CT molecular complexity index is 722. The highest BCUT2D eigenvalue weighted by Gasteiger charge is 2.14. The Balaban J connectivity index is 2.03. The first-order chi connectivity index (χ1) is 11.1. The number of fused-ring (bicyclic) bond motifs is 1. The number of carbonyl (C=O) groups is 1. The highest BCUT2D eigenvalue weighted by Crippen LogP contribution is 2.20. The van der Waals surface area contributed by atoms with Crippen molar-refractivity contribution in [3.63, 3.8) is 0 Å². The Hall–Kier alpha value is -2.25. The maximum Gasteiger partial charge on any atom is 0.320 e. The summed E-state index contributed by atoms with van der Waals surface area (Å²) in [4.78, 5) is 14.0. The Labute approximate surface area is 137 Å². The smallest absolute Gasteiger partial charge is 0.320 e. The van der Waals surface area contributed by atoms with Crippen molar-refractivity contribution in [3.8, 4) is 11.8 Å². The molecule has 1 aromatic heterocycles. The van der Waals surface area contributed by atoms with E-state index in [0.717, 1.165) is 34.9 Å². The number of nitrogens with two attached hydrogens (primary N) is 1. The summed E-state index contributed by atoms with van der Waals surface area (Å²) in [6.45, 7) is 2.20. The van der Waals surface area contributed by atoms with Gasteiger partial charge < -0.3 is 15.8 Å². The standard InChI is InChI=1S/C19H24N2O2/c1-2-3-4-5-6-7-8-14-9-10-16-15(12-17(20)19(22)23)13-21-18(16)11-14/h9-11,13,17,21H,2-6,12,20H2,1H3,(H,22,23)/t17-/m0/s1. The largest absolute Gasteiger partial charge is 0.480 e. The van der Waals surface area contributed by atoms with Crippen LogP contribution < -0.4 is 5.73 Å². The molecule has 0 aliphatic heterocycles. The SMILES string of the molecule is CCCCCCC#Cc1ccc2c(C[C@H](N)C(=O)O)c[nH]c2c1. The van der Waals surface area contributed by atoms with Crippen LogP contribution in [0.4, 0.5) is 0 Å². The third kappa shape index (κ3) is 4.87. The van der Waals surface area contributed by atoms with Crippen molar-refractivity contribution in [2.24, 2.45) is 5.73 Å². The van der Waals surface area contributed by atoms with E-state index in [2.05, 4.69) is 23.7 Å². The molecule has 1 heterocycles. The molecule has 0 saturated carbocycles. The van der Waals surface area contributed by atoms with E-state index in [-0.39, 0.29) is 0 Å². The number of aromatic amines is 1. The Morgan fingerprint density at radius 2 is 2.17 bits per heavy atom. The number of H-pyrrole nitrogens is 1. The molecule has 122 valence electrons. The van der Waals surface area contributed by atoms with E-state index < -0.39 is 12.0 Å². The molecule has 0 saturated heterocycles. The summed E-state index contributed by atoms with van der Waals surface area (Å²) in [6.07, 6.45) is 7.99. The summed E-state index contributed by atoms with van der Waals surface area (Å²) in [5, 5.41) is 9.93. The zero-order valence-corrected chi connectivity index (χ0v) is 13.6. The number of aromatic nitrogens is 1. The second-order valence-corrected chi connectivity index (χ2v) is 5.84. The fraction of sp³-hybridized carbons (Fsp3) is 0.421. The van der Waals surface area contributed by atoms with Gasteiger partial charge in [0.25, 0.3) is 0 Å². The second-order valence-electron chi connectivity index (χ2n) is 5.84. The minimum absolute atomic E-state index is 0.317. The minimum Gasteiger partial charge on any atom is -0.480 e. The highest BCUT2D eigenvalue weighted by atomic mass is 16.4. The maximum atomic E-state index is 10.9. The normalized spacial score (nSPS) is 11.9.